The molecule has 0 aromatic heterocycles. The van der Waals surface area contributed by atoms with E-state index in [-0.39, 0.29) is 17.9 Å². The number of fused-ring (bicyclic) bond motifs is 1. The van der Waals surface area contributed by atoms with Crippen LogP contribution in [-0.4, -0.2) is 25.1 Å². The molecule has 3 rings (SSSR count). The maximum absolute atomic E-state index is 13.3. The molecule has 0 saturated carbocycles. The van der Waals surface area contributed by atoms with Crippen molar-refractivity contribution in [1.29, 1.82) is 0 Å². The van der Waals surface area contributed by atoms with E-state index in [0.717, 1.165) is 12.0 Å². The minimum atomic E-state index is -1.74. The lowest BCUT2D eigenvalue weighted by Crippen LogP contribution is -2.30. The molecule has 4 nitrogen and oxygen atoms in total. The molecule has 0 radical (unpaired) electrons. The molecule has 0 saturated heterocycles. The summed E-state index contributed by atoms with van der Waals surface area (Å²) in [6, 6.07) is 13.7. The first-order valence-electron chi connectivity index (χ1n) is 10.6. The zero-order valence-corrected chi connectivity index (χ0v) is 19.9. The van der Waals surface area contributed by atoms with Crippen LogP contribution in [0.1, 0.15) is 35.6 Å². The highest BCUT2D eigenvalue weighted by Crippen LogP contribution is 2.35. The van der Waals surface area contributed by atoms with Crippen LogP contribution in [0.25, 0.3) is 5.57 Å². The van der Waals surface area contributed by atoms with Crippen molar-refractivity contribution >= 4 is 31.2 Å². The van der Waals surface area contributed by atoms with E-state index in [4.69, 9.17) is 0 Å². The molecule has 1 N–H and O–H groups in total. The fourth-order valence-electron chi connectivity index (χ4n) is 3.69. The molecule has 1 amide bonds. The molecule has 160 valence electrons. The highest BCUT2D eigenvalue weighted by molar-refractivity contribution is 6.84. The first-order valence-corrected chi connectivity index (χ1v) is 14.1. The van der Waals surface area contributed by atoms with Gasteiger partial charge < -0.3 is 10.0 Å². The number of benzene rings is 2. The van der Waals surface area contributed by atoms with Gasteiger partial charge in [0, 0.05) is 11.1 Å². The lowest BCUT2D eigenvalue weighted by molar-refractivity contribution is -0.133. The lowest BCUT2D eigenvalue weighted by Gasteiger charge is -2.24. The highest BCUT2D eigenvalue weighted by atomic mass is 28.3. The van der Waals surface area contributed by atoms with E-state index in [1.54, 1.807) is 4.90 Å². The van der Waals surface area contributed by atoms with Crippen LogP contribution in [0.3, 0.4) is 0 Å². The second-order valence-corrected chi connectivity index (χ2v) is 13.7. The van der Waals surface area contributed by atoms with Gasteiger partial charge in [-0.2, -0.15) is 0 Å². The Morgan fingerprint density at radius 2 is 1.87 bits per heavy atom. The number of carboxylic acid groups (broad SMARTS) is 1. The van der Waals surface area contributed by atoms with Crippen LogP contribution in [0.2, 0.25) is 19.6 Å². The third kappa shape index (κ3) is 5.15. The third-order valence-corrected chi connectivity index (χ3v) is 6.23. The van der Waals surface area contributed by atoms with Crippen molar-refractivity contribution in [3.63, 3.8) is 0 Å². The van der Waals surface area contributed by atoms with Crippen LogP contribution in [0.4, 0.5) is 5.69 Å². The number of aliphatic carboxylic acids is 1. The molecular weight excluding hydrogens is 402 g/mol. The summed E-state index contributed by atoms with van der Waals surface area (Å²) in [6.45, 7) is 10.9. The molecule has 0 aliphatic carbocycles. The summed E-state index contributed by atoms with van der Waals surface area (Å²) in [7, 11) is -1.74. The summed E-state index contributed by atoms with van der Waals surface area (Å²) in [4.78, 5) is 27.1. The molecule has 31 heavy (non-hydrogen) atoms. The molecule has 0 unspecified atom stereocenters. The molecule has 2 aromatic rings. The number of allylic oxidation sites excluding steroid dienone is 1. The maximum atomic E-state index is 13.3. The van der Waals surface area contributed by atoms with Gasteiger partial charge in [0.05, 0.1) is 24.2 Å². The average molecular weight is 432 g/mol. The smallest absolute Gasteiger partial charge is 0.333 e. The lowest BCUT2D eigenvalue weighted by atomic mass is 9.98. The molecule has 2 aromatic carbocycles. The van der Waals surface area contributed by atoms with Gasteiger partial charge in [-0.3, -0.25) is 4.79 Å². The van der Waals surface area contributed by atoms with Gasteiger partial charge in [0.25, 0.3) is 0 Å². The minimum Gasteiger partial charge on any atom is -0.478 e. The van der Waals surface area contributed by atoms with Gasteiger partial charge in [0.1, 0.15) is 8.07 Å². The van der Waals surface area contributed by atoms with E-state index >= 15 is 0 Å². The Hall–Kier alpha value is -3.10. The van der Waals surface area contributed by atoms with Gasteiger partial charge in [-0.15, -0.1) is 5.54 Å². The van der Waals surface area contributed by atoms with E-state index in [0.29, 0.717) is 23.4 Å². The Morgan fingerprint density at radius 1 is 1.16 bits per heavy atom. The normalized spacial score (nSPS) is 14.0. The molecule has 1 aliphatic heterocycles. The molecular formula is C26H29NO3Si. The number of anilines is 1. The van der Waals surface area contributed by atoms with Crippen molar-refractivity contribution in [3.8, 4) is 11.5 Å². The Balaban J connectivity index is 2.14. The Morgan fingerprint density at radius 3 is 2.52 bits per heavy atom. The first-order chi connectivity index (χ1) is 14.6. The number of carbonyl (C=O) groups excluding carboxylic acids is 1. The number of aryl methyl sites for hydroxylation is 2. The molecule has 0 spiro atoms. The van der Waals surface area contributed by atoms with Gasteiger partial charge in [-0.25, -0.2) is 4.79 Å². The summed E-state index contributed by atoms with van der Waals surface area (Å²) in [5.74, 6) is 1.83. The summed E-state index contributed by atoms with van der Waals surface area (Å²) >= 11 is 0. The van der Waals surface area contributed by atoms with E-state index in [2.05, 4.69) is 57.1 Å². The van der Waals surface area contributed by atoms with Crippen LogP contribution < -0.4 is 4.90 Å². The second kappa shape index (κ2) is 8.95. The van der Waals surface area contributed by atoms with Gasteiger partial charge >= 0.3 is 5.97 Å². The molecule has 0 atom stereocenters. The predicted octanol–water partition coefficient (Wildman–Crippen LogP) is 5.21. The van der Waals surface area contributed by atoms with Crippen molar-refractivity contribution in [2.24, 2.45) is 0 Å². The Labute approximate surface area is 185 Å². The topological polar surface area (TPSA) is 57.6 Å². The predicted molar refractivity (Wildman–Crippen MR) is 128 cm³/mol. The number of carbonyl (C=O) groups is 2. The highest BCUT2D eigenvalue weighted by Gasteiger charge is 2.30. The molecule has 0 fully saturated rings. The standard InChI is InChI=1S/C26H29NO3Si/c1-6-20-15-19(12-11-18(20)2)17-27-24-10-8-7-9-22(24)21(13-14-31(3,4)5)23(26(29)30)16-25(27)28/h7-12,15H,6,16-17H2,1-5H3,(H,29,30). The SMILES string of the molecule is CCc1cc(CN2C(=O)CC(C(=O)O)=C(C#C[Si](C)(C)C)c3ccccc32)ccc1C. The number of hydrogen-bond donors (Lipinski definition) is 1. The van der Waals surface area contributed by atoms with Crippen LogP contribution in [0.15, 0.2) is 48.0 Å². The summed E-state index contributed by atoms with van der Waals surface area (Å²) in [6.07, 6.45) is 0.748. The van der Waals surface area contributed by atoms with Gasteiger partial charge in [0.15, 0.2) is 0 Å². The number of para-hydroxylation sites is 1. The Bertz CT molecular complexity index is 1130. The van der Waals surface area contributed by atoms with Crippen LogP contribution >= 0.6 is 0 Å². The fourth-order valence-corrected chi connectivity index (χ4v) is 4.19. The Kier molecular flexibility index (Phi) is 6.52. The number of nitrogens with zero attached hydrogens (tertiary/aromatic N) is 1. The molecule has 0 bridgehead atoms. The third-order valence-electron chi connectivity index (χ3n) is 5.35. The number of hydrogen-bond acceptors (Lipinski definition) is 2. The van der Waals surface area contributed by atoms with Crippen molar-refractivity contribution in [2.75, 3.05) is 4.90 Å². The van der Waals surface area contributed by atoms with E-state index in [1.807, 2.05) is 30.3 Å². The van der Waals surface area contributed by atoms with Crippen molar-refractivity contribution in [1.82, 2.24) is 0 Å². The fraction of sp³-hybridized carbons (Fsp3) is 0.308. The van der Waals surface area contributed by atoms with Gasteiger partial charge in [-0.05, 0) is 36.1 Å². The molecule has 5 heteroatoms. The van der Waals surface area contributed by atoms with Crippen molar-refractivity contribution < 1.29 is 14.7 Å². The zero-order chi connectivity index (χ0) is 22.8. The van der Waals surface area contributed by atoms with E-state index in [1.165, 1.54) is 11.1 Å². The first kappa shape index (κ1) is 22.6. The molecule has 1 aliphatic rings. The maximum Gasteiger partial charge on any atom is 0.333 e. The second-order valence-electron chi connectivity index (χ2n) is 8.95. The summed E-state index contributed by atoms with van der Waals surface area (Å²) in [5, 5.41) is 9.90. The quantitative estimate of drug-likeness (QED) is 0.534. The van der Waals surface area contributed by atoms with Gasteiger partial charge in [0.2, 0.25) is 5.91 Å². The zero-order valence-electron chi connectivity index (χ0n) is 18.9. The average Bonchev–Trinajstić information content (AvgIpc) is 2.82. The van der Waals surface area contributed by atoms with Crippen molar-refractivity contribution in [3.05, 3.63) is 70.3 Å². The summed E-state index contributed by atoms with van der Waals surface area (Å²) < 4.78 is 0. The number of rotatable bonds is 4. The van der Waals surface area contributed by atoms with E-state index in [9.17, 15) is 14.7 Å². The number of carboxylic acids is 1. The largest absolute Gasteiger partial charge is 0.478 e. The van der Waals surface area contributed by atoms with Crippen LogP contribution in [-0.2, 0) is 22.6 Å². The van der Waals surface area contributed by atoms with Crippen LogP contribution in [0.5, 0.6) is 0 Å². The summed E-state index contributed by atoms with van der Waals surface area (Å²) in [5.41, 5.74) is 8.74. The number of amides is 1. The van der Waals surface area contributed by atoms with Crippen molar-refractivity contribution in [2.45, 2.75) is 52.9 Å². The van der Waals surface area contributed by atoms with Crippen LogP contribution in [0, 0.1) is 18.4 Å². The molecule has 1 heterocycles. The monoisotopic (exact) mass is 431 g/mol. The minimum absolute atomic E-state index is 0.0730. The van der Waals surface area contributed by atoms with Gasteiger partial charge in [-0.1, -0.05) is 68.9 Å². The van der Waals surface area contributed by atoms with E-state index < -0.39 is 14.0 Å².